The molecule has 300 valence electrons. The third-order valence-corrected chi connectivity index (χ3v) is 9.06. The molecule has 0 saturated carbocycles. The summed E-state index contributed by atoms with van der Waals surface area (Å²) in [6, 6.07) is 11.5. The standard InChI is InChI=1S/C40H56N6O9/c1-7-14-29(34(50)37(52)41-25-32(49)43-33(38(53)45(5)6)27-16-9-8-10-17-27)42-36(51)30-19-12-20-46(30)39(54)35(40(2,3)4)44-31(48)24-26-15-11-18-28(23-26)55-22-13-21-47/h8-11,15-18,23,29-30,33,35,47H,7,12-14,19-22,24-25H2,1-6H3,(H,41,52)(H,42,51)(H,43,49)(H,44,48)/t29-,30+,33+,35-/m1/s1. The summed E-state index contributed by atoms with van der Waals surface area (Å²) in [5, 5.41) is 19.4. The molecule has 1 saturated heterocycles. The van der Waals surface area contributed by atoms with Crippen LogP contribution in [0.3, 0.4) is 0 Å². The summed E-state index contributed by atoms with van der Waals surface area (Å²) in [6.07, 6.45) is 1.86. The molecule has 4 atom stereocenters. The van der Waals surface area contributed by atoms with Gasteiger partial charge in [0.15, 0.2) is 0 Å². The van der Waals surface area contributed by atoms with Crippen LogP contribution in [0, 0.1) is 5.41 Å². The first-order valence-corrected chi connectivity index (χ1v) is 18.7. The highest BCUT2D eigenvalue weighted by atomic mass is 16.5. The van der Waals surface area contributed by atoms with Gasteiger partial charge in [-0.25, -0.2) is 0 Å². The maximum Gasteiger partial charge on any atom is 0.290 e. The molecule has 5 N–H and O–H groups in total. The summed E-state index contributed by atoms with van der Waals surface area (Å²) in [5.74, 6) is -4.00. The predicted molar refractivity (Wildman–Crippen MR) is 204 cm³/mol. The molecule has 1 heterocycles. The van der Waals surface area contributed by atoms with Crippen molar-refractivity contribution >= 4 is 41.2 Å². The van der Waals surface area contributed by atoms with E-state index in [0.717, 1.165) is 0 Å². The van der Waals surface area contributed by atoms with Crippen molar-refractivity contribution in [2.75, 3.05) is 40.4 Å². The summed E-state index contributed by atoms with van der Waals surface area (Å²) >= 11 is 0. The lowest BCUT2D eigenvalue weighted by atomic mass is 9.85. The van der Waals surface area contributed by atoms with E-state index in [0.29, 0.717) is 49.2 Å². The molecule has 55 heavy (non-hydrogen) atoms. The van der Waals surface area contributed by atoms with Crippen LogP contribution in [0.25, 0.3) is 0 Å². The van der Waals surface area contributed by atoms with Gasteiger partial charge in [0.25, 0.3) is 5.91 Å². The van der Waals surface area contributed by atoms with E-state index < -0.39 is 71.4 Å². The SMILES string of the molecule is CCC[C@@H](NC(=O)[C@@H]1CCCN1C(=O)[C@@H](NC(=O)Cc1cccc(OCCCO)c1)C(C)(C)C)C(=O)C(=O)NCC(=O)N[C@H](C(=O)N(C)C)c1ccccc1. The molecule has 1 aliphatic rings. The molecular weight excluding hydrogens is 708 g/mol. The highest BCUT2D eigenvalue weighted by Gasteiger charge is 2.42. The Hall–Kier alpha value is -5.31. The molecule has 15 heteroatoms. The molecular formula is C40H56N6O9. The Labute approximate surface area is 322 Å². The van der Waals surface area contributed by atoms with E-state index in [9.17, 15) is 33.6 Å². The van der Waals surface area contributed by atoms with Crippen LogP contribution in [0.1, 0.15) is 77.0 Å². The average molecular weight is 765 g/mol. The first kappa shape index (κ1) is 44.1. The predicted octanol–water partition coefficient (Wildman–Crippen LogP) is 1.43. The Morgan fingerprint density at radius 3 is 2.29 bits per heavy atom. The number of hydrogen-bond acceptors (Lipinski definition) is 9. The third kappa shape index (κ3) is 13.2. The van der Waals surface area contributed by atoms with Crippen LogP contribution in [0.15, 0.2) is 54.6 Å². The van der Waals surface area contributed by atoms with Crippen LogP contribution in [0.4, 0.5) is 0 Å². The van der Waals surface area contributed by atoms with E-state index in [4.69, 9.17) is 9.84 Å². The number of amides is 6. The van der Waals surface area contributed by atoms with E-state index >= 15 is 0 Å². The first-order chi connectivity index (χ1) is 26.1. The second-order valence-corrected chi connectivity index (χ2v) is 14.8. The minimum absolute atomic E-state index is 0.000370. The van der Waals surface area contributed by atoms with Crippen LogP contribution in [-0.2, 0) is 40.0 Å². The van der Waals surface area contributed by atoms with Crippen molar-refractivity contribution in [3.05, 3.63) is 65.7 Å². The van der Waals surface area contributed by atoms with E-state index in [1.165, 1.54) is 9.80 Å². The number of benzene rings is 2. The number of carbonyl (C=O) groups is 7. The minimum atomic E-state index is -1.22. The molecule has 0 radical (unpaired) electrons. The van der Waals surface area contributed by atoms with Crippen LogP contribution in [0.2, 0.25) is 0 Å². The van der Waals surface area contributed by atoms with Gasteiger partial charge in [-0.1, -0.05) is 76.6 Å². The van der Waals surface area contributed by atoms with Crippen LogP contribution in [-0.4, -0.2) is 115 Å². The maximum atomic E-state index is 14.0. The van der Waals surface area contributed by atoms with E-state index in [1.54, 1.807) is 75.6 Å². The number of ether oxygens (including phenoxy) is 1. The van der Waals surface area contributed by atoms with Crippen molar-refractivity contribution in [1.29, 1.82) is 0 Å². The van der Waals surface area contributed by atoms with Gasteiger partial charge in [-0.15, -0.1) is 0 Å². The van der Waals surface area contributed by atoms with Crippen LogP contribution >= 0.6 is 0 Å². The Bertz CT molecular complexity index is 1660. The number of likely N-dealkylation sites (tertiary alicyclic amines) is 1. The normalized spacial score (nSPS) is 15.5. The van der Waals surface area contributed by atoms with Crippen molar-refractivity contribution < 1.29 is 43.4 Å². The lowest BCUT2D eigenvalue weighted by Crippen LogP contribution is -2.59. The van der Waals surface area contributed by atoms with Crippen molar-refractivity contribution in [2.24, 2.45) is 5.41 Å². The number of nitrogens with zero attached hydrogens (tertiary/aromatic N) is 2. The monoisotopic (exact) mass is 764 g/mol. The second kappa shape index (κ2) is 21.0. The fraction of sp³-hybridized carbons (Fsp3) is 0.525. The molecule has 2 aromatic rings. The van der Waals surface area contributed by atoms with Crippen LogP contribution in [0.5, 0.6) is 5.75 Å². The topological polar surface area (TPSA) is 204 Å². The van der Waals surface area contributed by atoms with E-state index in [-0.39, 0.29) is 31.9 Å². The van der Waals surface area contributed by atoms with Gasteiger partial charge in [0, 0.05) is 33.7 Å². The lowest BCUT2D eigenvalue weighted by molar-refractivity contribution is -0.145. The molecule has 1 aliphatic heterocycles. The Kier molecular flexibility index (Phi) is 16.8. The number of rotatable bonds is 19. The van der Waals surface area contributed by atoms with Crippen LogP contribution < -0.4 is 26.0 Å². The molecule has 1 fully saturated rings. The van der Waals surface area contributed by atoms with Gasteiger partial charge in [0.2, 0.25) is 35.3 Å². The third-order valence-electron chi connectivity index (χ3n) is 9.06. The molecule has 3 rings (SSSR count). The molecule has 2 aromatic carbocycles. The summed E-state index contributed by atoms with van der Waals surface area (Å²) in [4.78, 5) is 95.6. The summed E-state index contributed by atoms with van der Waals surface area (Å²) in [7, 11) is 3.10. The van der Waals surface area contributed by atoms with Crippen molar-refractivity contribution in [3.63, 3.8) is 0 Å². The number of nitrogens with one attached hydrogen (secondary N) is 4. The minimum Gasteiger partial charge on any atom is -0.493 e. The second-order valence-electron chi connectivity index (χ2n) is 14.8. The van der Waals surface area contributed by atoms with Gasteiger partial charge >= 0.3 is 0 Å². The zero-order valence-corrected chi connectivity index (χ0v) is 32.7. The Morgan fingerprint density at radius 2 is 1.65 bits per heavy atom. The summed E-state index contributed by atoms with van der Waals surface area (Å²) in [5.41, 5.74) is 0.489. The lowest BCUT2D eigenvalue weighted by Gasteiger charge is -2.35. The van der Waals surface area contributed by atoms with Crippen molar-refractivity contribution in [1.82, 2.24) is 31.1 Å². The number of likely N-dealkylation sites (N-methyl/N-ethyl adjacent to an activating group) is 1. The zero-order chi connectivity index (χ0) is 40.7. The van der Waals surface area contributed by atoms with Gasteiger partial charge in [-0.3, -0.25) is 33.6 Å². The fourth-order valence-electron chi connectivity index (χ4n) is 6.15. The zero-order valence-electron chi connectivity index (χ0n) is 32.7. The highest BCUT2D eigenvalue weighted by Crippen LogP contribution is 2.26. The largest absolute Gasteiger partial charge is 0.493 e. The number of Topliss-reactive ketones (excluding diaryl/α,β-unsaturated/α-hetero) is 1. The highest BCUT2D eigenvalue weighted by molar-refractivity contribution is 6.38. The molecule has 15 nitrogen and oxygen atoms in total. The molecule has 0 aliphatic carbocycles. The van der Waals surface area contributed by atoms with Gasteiger partial charge in [-0.05, 0) is 47.9 Å². The molecule has 0 unspecified atom stereocenters. The van der Waals surface area contributed by atoms with Gasteiger partial charge in [0.1, 0.15) is 23.9 Å². The molecule has 0 aromatic heterocycles. The number of aliphatic hydroxyl groups is 1. The smallest absolute Gasteiger partial charge is 0.290 e. The number of ketones is 1. The number of carbonyl (C=O) groups excluding carboxylic acids is 7. The van der Waals surface area contributed by atoms with Gasteiger partial charge in [0.05, 0.1) is 25.6 Å². The first-order valence-electron chi connectivity index (χ1n) is 18.7. The Balaban J connectivity index is 1.64. The maximum absolute atomic E-state index is 14.0. The van der Waals surface area contributed by atoms with Crippen molar-refractivity contribution in [2.45, 2.75) is 90.4 Å². The fourth-order valence-corrected chi connectivity index (χ4v) is 6.15. The summed E-state index contributed by atoms with van der Waals surface area (Å²) in [6.45, 7) is 7.22. The molecule has 0 bridgehead atoms. The molecule has 0 spiro atoms. The number of hydrogen-bond donors (Lipinski definition) is 5. The number of aliphatic hydroxyl groups excluding tert-OH is 1. The quantitative estimate of drug-likeness (QED) is 0.104. The summed E-state index contributed by atoms with van der Waals surface area (Å²) < 4.78 is 5.61. The van der Waals surface area contributed by atoms with E-state index in [2.05, 4.69) is 21.3 Å². The van der Waals surface area contributed by atoms with E-state index in [1.807, 2.05) is 20.8 Å². The van der Waals surface area contributed by atoms with Crippen molar-refractivity contribution in [3.8, 4) is 5.75 Å². The van der Waals surface area contributed by atoms with Gasteiger partial charge < -0.3 is 40.9 Å². The van der Waals surface area contributed by atoms with Gasteiger partial charge in [-0.2, -0.15) is 0 Å². The molecule has 6 amide bonds. The average Bonchev–Trinajstić information content (AvgIpc) is 3.65. The Morgan fingerprint density at radius 1 is 0.945 bits per heavy atom.